The molecule has 2 aromatic rings. The molecule has 0 radical (unpaired) electrons. The van der Waals surface area contributed by atoms with Crippen molar-refractivity contribution in [1.82, 2.24) is 14.7 Å². The molecule has 2 heterocycles. The van der Waals surface area contributed by atoms with E-state index in [-0.39, 0.29) is 24.5 Å². The molecule has 2 aromatic carbocycles. The highest BCUT2D eigenvalue weighted by Crippen LogP contribution is 2.38. The standard InChI is InChI=1S/C27H33N3O6/c1-34-16-15-30-26(33)29(19-21-5-4-6-23(17-21)35-2)25(32)27(30)11-13-28(14-12-27)18-20-7-9-22(10-8-20)24(31)36-3/h4-10,17H,11-16,18-19H2,1-3H3. The first-order valence-corrected chi connectivity index (χ1v) is 12.1. The number of hydrogen-bond donors (Lipinski definition) is 0. The molecule has 0 saturated carbocycles. The minimum atomic E-state index is -0.861. The molecule has 2 saturated heterocycles. The summed E-state index contributed by atoms with van der Waals surface area (Å²) in [5.74, 6) is 0.180. The third-order valence-electron chi connectivity index (χ3n) is 7.08. The van der Waals surface area contributed by atoms with Gasteiger partial charge in [-0.15, -0.1) is 0 Å². The zero-order valence-corrected chi connectivity index (χ0v) is 21.1. The lowest BCUT2D eigenvalue weighted by Gasteiger charge is -2.42. The second kappa shape index (κ2) is 11.1. The monoisotopic (exact) mass is 495 g/mol. The summed E-state index contributed by atoms with van der Waals surface area (Å²) in [6.45, 7) is 2.98. The molecule has 1 spiro atoms. The van der Waals surface area contributed by atoms with E-state index in [1.165, 1.54) is 12.0 Å². The summed E-state index contributed by atoms with van der Waals surface area (Å²) in [4.78, 5) is 44.2. The first-order chi connectivity index (χ1) is 17.4. The van der Waals surface area contributed by atoms with Gasteiger partial charge in [0.15, 0.2) is 0 Å². The van der Waals surface area contributed by atoms with E-state index in [0.717, 1.165) is 11.1 Å². The van der Waals surface area contributed by atoms with Crippen LogP contribution in [-0.4, -0.2) is 85.7 Å². The van der Waals surface area contributed by atoms with E-state index in [4.69, 9.17) is 14.2 Å². The molecular formula is C27H33N3O6. The van der Waals surface area contributed by atoms with E-state index < -0.39 is 5.54 Å². The number of carbonyl (C=O) groups is 3. The molecule has 192 valence electrons. The Morgan fingerprint density at radius 1 is 0.944 bits per heavy atom. The van der Waals surface area contributed by atoms with E-state index in [1.54, 1.807) is 31.3 Å². The zero-order valence-electron chi connectivity index (χ0n) is 21.1. The van der Waals surface area contributed by atoms with Gasteiger partial charge in [0.2, 0.25) is 0 Å². The Morgan fingerprint density at radius 3 is 2.31 bits per heavy atom. The molecule has 0 N–H and O–H groups in total. The molecule has 4 rings (SSSR count). The lowest BCUT2D eigenvalue weighted by molar-refractivity contribution is -0.136. The number of esters is 1. The fourth-order valence-electron chi connectivity index (χ4n) is 5.05. The van der Waals surface area contributed by atoms with Crippen LogP contribution in [0.1, 0.15) is 34.3 Å². The van der Waals surface area contributed by atoms with E-state index in [2.05, 4.69) is 4.90 Å². The van der Waals surface area contributed by atoms with Gasteiger partial charge in [0.1, 0.15) is 11.3 Å². The van der Waals surface area contributed by atoms with Crippen LogP contribution < -0.4 is 4.74 Å². The van der Waals surface area contributed by atoms with Gasteiger partial charge in [0, 0.05) is 33.3 Å². The summed E-state index contributed by atoms with van der Waals surface area (Å²) in [5.41, 5.74) is 1.56. The number of likely N-dealkylation sites (tertiary alicyclic amines) is 1. The third kappa shape index (κ3) is 5.08. The van der Waals surface area contributed by atoms with Crippen LogP contribution in [0.25, 0.3) is 0 Å². The van der Waals surface area contributed by atoms with Gasteiger partial charge in [0.25, 0.3) is 5.91 Å². The third-order valence-corrected chi connectivity index (χ3v) is 7.08. The average molecular weight is 496 g/mol. The van der Waals surface area contributed by atoms with Crippen LogP contribution in [0.3, 0.4) is 0 Å². The summed E-state index contributed by atoms with van der Waals surface area (Å²) < 4.78 is 15.3. The Labute approximate surface area is 211 Å². The van der Waals surface area contributed by atoms with Crippen molar-refractivity contribution in [2.24, 2.45) is 0 Å². The SMILES string of the molecule is COCCN1C(=O)N(Cc2cccc(OC)c2)C(=O)C12CCN(Cc1ccc(C(=O)OC)cc1)CC2. The largest absolute Gasteiger partial charge is 0.497 e. The summed E-state index contributed by atoms with van der Waals surface area (Å²) in [6.07, 6.45) is 1.10. The Bertz CT molecular complexity index is 1090. The van der Waals surface area contributed by atoms with Crippen LogP contribution in [0.2, 0.25) is 0 Å². The van der Waals surface area contributed by atoms with Gasteiger partial charge in [-0.05, 0) is 48.2 Å². The molecule has 2 aliphatic rings. The molecule has 9 nitrogen and oxygen atoms in total. The molecular weight excluding hydrogens is 462 g/mol. The molecule has 9 heteroatoms. The average Bonchev–Trinajstić information content (AvgIpc) is 3.09. The number of piperidine rings is 1. The maximum atomic E-state index is 13.7. The van der Waals surface area contributed by atoms with Gasteiger partial charge in [-0.3, -0.25) is 14.6 Å². The van der Waals surface area contributed by atoms with Crippen molar-refractivity contribution < 1.29 is 28.6 Å². The van der Waals surface area contributed by atoms with E-state index >= 15 is 0 Å². The molecule has 0 atom stereocenters. The first-order valence-electron chi connectivity index (χ1n) is 12.1. The van der Waals surface area contributed by atoms with Gasteiger partial charge in [-0.1, -0.05) is 24.3 Å². The van der Waals surface area contributed by atoms with Crippen molar-refractivity contribution in [3.05, 3.63) is 65.2 Å². The Balaban J connectivity index is 1.47. The highest BCUT2D eigenvalue weighted by atomic mass is 16.5. The molecule has 0 unspecified atom stereocenters. The Hall–Kier alpha value is -3.43. The van der Waals surface area contributed by atoms with E-state index in [0.29, 0.717) is 56.9 Å². The van der Waals surface area contributed by atoms with Crippen LogP contribution in [0, 0.1) is 0 Å². The number of methoxy groups -OCH3 is 3. The molecule has 0 aliphatic carbocycles. The lowest BCUT2D eigenvalue weighted by Crippen LogP contribution is -2.57. The highest BCUT2D eigenvalue weighted by Gasteiger charge is 2.57. The molecule has 2 fully saturated rings. The van der Waals surface area contributed by atoms with Crippen molar-refractivity contribution in [2.75, 3.05) is 47.6 Å². The van der Waals surface area contributed by atoms with Crippen molar-refractivity contribution in [3.63, 3.8) is 0 Å². The Kier molecular flexibility index (Phi) is 7.91. The minimum Gasteiger partial charge on any atom is -0.497 e. The number of urea groups is 1. The summed E-state index contributed by atoms with van der Waals surface area (Å²) in [6, 6.07) is 14.5. The topological polar surface area (TPSA) is 88.6 Å². The van der Waals surface area contributed by atoms with Crippen molar-refractivity contribution >= 4 is 17.9 Å². The van der Waals surface area contributed by atoms with Crippen LogP contribution in [0.4, 0.5) is 4.79 Å². The van der Waals surface area contributed by atoms with Gasteiger partial charge < -0.3 is 19.1 Å². The van der Waals surface area contributed by atoms with E-state index in [9.17, 15) is 14.4 Å². The van der Waals surface area contributed by atoms with Gasteiger partial charge in [0.05, 0.1) is 32.9 Å². The summed E-state index contributed by atoms with van der Waals surface area (Å²) >= 11 is 0. The lowest BCUT2D eigenvalue weighted by atomic mass is 9.85. The molecule has 0 bridgehead atoms. The second-order valence-electron chi connectivity index (χ2n) is 9.17. The van der Waals surface area contributed by atoms with Crippen LogP contribution in [0.5, 0.6) is 5.75 Å². The summed E-state index contributed by atoms with van der Waals surface area (Å²) in [5, 5.41) is 0. The number of benzene rings is 2. The van der Waals surface area contributed by atoms with Crippen LogP contribution in [-0.2, 0) is 27.4 Å². The van der Waals surface area contributed by atoms with Crippen molar-refractivity contribution in [3.8, 4) is 5.75 Å². The van der Waals surface area contributed by atoms with Crippen molar-refractivity contribution in [2.45, 2.75) is 31.5 Å². The van der Waals surface area contributed by atoms with Gasteiger partial charge in [-0.2, -0.15) is 0 Å². The molecule has 36 heavy (non-hydrogen) atoms. The second-order valence-corrected chi connectivity index (χ2v) is 9.17. The number of nitrogens with zero attached hydrogens (tertiary/aromatic N) is 3. The van der Waals surface area contributed by atoms with Crippen LogP contribution >= 0.6 is 0 Å². The highest BCUT2D eigenvalue weighted by molar-refractivity contribution is 6.07. The number of imide groups is 1. The first kappa shape index (κ1) is 25.7. The van der Waals surface area contributed by atoms with Crippen LogP contribution in [0.15, 0.2) is 48.5 Å². The van der Waals surface area contributed by atoms with E-state index in [1.807, 2.05) is 36.4 Å². The quantitative estimate of drug-likeness (QED) is 0.390. The molecule has 3 amide bonds. The number of amides is 3. The summed E-state index contributed by atoms with van der Waals surface area (Å²) in [7, 11) is 4.55. The number of rotatable bonds is 9. The Morgan fingerprint density at radius 2 is 1.67 bits per heavy atom. The maximum absolute atomic E-state index is 13.7. The number of ether oxygens (including phenoxy) is 3. The van der Waals surface area contributed by atoms with Gasteiger partial charge >= 0.3 is 12.0 Å². The minimum absolute atomic E-state index is 0.145. The maximum Gasteiger partial charge on any atom is 0.337 e. The molecule has 2 aliphatic heterocycles. The molecule has 0 aromatic heterocycles. The smallest absolute Gasteiger partial charge is 0.337 e. The van der Waals surface area contributed by atoms with Gasteiger partial charge in [-0.25, -0.2) is 9.59 Å². The predicted molar refractivity (Wildman–Crippen MR) is 133 cm³/mol. The number of hydrogen-bond acceptors (Lipinski definition) is 7. The fraction of sp³-hybridized carbons (Fsp3) is 0.444. The fourth-order valence-corrected chi connectivity index (χ4v) is 5.05. The van der Waals surface area contributed by atoms with Crippen molar-refractivity contribution in [1.29, 1.82) is 0 Å². The normalized spacial score (nSPS) is 17.6. The zero-order chi connectivity index (χ0) is 25.7. The number of carbonyl (C=O) groups excluding carboxylic acids is 3. The predicted octanol–water partition coefficient (Wildman–Crippen LogP) is 2.93.